The van der Waals surface area contributed by atoms with Crippen molar-refractivity contribution in [1.82, 2.24) is 0 Å². The van der Waals surface area contributed by atoms with E-state index in [2.05, 4.69) is 11.1 Å². The summed E-state index contributed by atoms with van der Waals surface area (Å²) in [4.78, 5) is 17.1. The van der Waals surface area contributed by atoms with Gasteiger partial charge in [0.05, 0.1) is 17.6 Å². The van der Waals surface area contributed by atoms with E-state index in [4.69, 9.17) is 11.6 Å². The largest absolute Gasteiger partial charge is 0.299 e. The minimum absolute atomic E-state index is 0.169. The Morgan fingerprint density at radius 1 is 1.32 bits per heavy atom. The number of rotatable bonds is 2. The number of hydrogen-bond donors (Lipinski definition) is 0. The number of ketones is 1. The summed E-state index contributed by atoms with van der Waals surface area (Å²) >= 11 is 7.81. The van der Waals surface area contributed by atoms with E-state index in [0.29, 0.717) is 22.0 Å². The van der Waals surface area contributed by atoms with Crippen LogP contribution in [0.15, 0.2) is 39.9 Å². The zero-order valence-corrected chi connectivity index (χ0v) is 13.7. The smallest absolute Gasteiger partial charge is 0.142 e. The molecule has 0 amide bonds. The molecule has 1 fully saturated rings. The molecule has 1 aliphatic heterocycles. The van der Waals surface area contributed by atoms with Gasteiger partial charge in [0.2, 0.25) is 0 Å². The quantitative estimate of drug-likeness (QED) is 0.810. The summed E-state index contributed by atoms with van der Waals surface area (Å²) in [6.07, 6.45) is 4.12. The van der Waals surface area contributed by atoms with E-state index in [1.807, 2.05) is 30.5 Å². The normalized spacial score (nSPS) is 24.6. The summed E-state index contributed by atoms with van der Waals surface area (Å²) in [5.41, 5.74) is 2.31. The van der Waals surface area contributed by atoms with E-state index in [1.165, 1.54) is 11.8 Å². The van der Waals surface area contributed by atoms with Crippen LogP contribution in [0.3, 0.4) is 0 Å². The molecule has 1 aromatic carbocycles. The van der Waals surface area contributed by atoms with Crippen LogP contribution in [-0.4, -0.2) is 17.8 Å². The molecule has 0 N–H and O–H groups in total. The topological polar surface area (TPSA) is 53.2 Å². The Kier molecular flexibility index (Phi) is 4.37. The summed E-state index contributed by atoms with van der Waals surface area (Å²) in [5, 5.41) is 11.0. The van der Waals surface area contributed by atoms with Gasteiger partial charge in [-0.25, -0.2) is 4.99 Å². The van der Waals surface area contributed by atoms with Crippen molar-refractivity contribution in [2.45, 2.75) is 25.2 Å². The van der Waals surface area contributed by atoms with Crippen molar-refractivity contribution in [3.63, 3.8) is 0 Å². The summed E-state index contributed by atoms with van der Waals surface area (Å²) in [6.45, 7) is 0. The predicted octanol–water partition coefficient (Wildman–Crippen LogP) is 4.35. The molecule has 0 unspecified atom stereocenters. The van der Waals surface area contributed by atoms with Crippen LogP contribution in [0.5, 0.6) is 0 Å². The third-order valence-electron chi connectivity index (χ3n) is 4.24. The molecule has 0 radical (unpaired) electrons. The van der Waals surface area contributed by atoms with E-state index in [1.54, 1.807) is 0 Å². The highest BCUT2D eigenvalue weighted by atomic mass is 35.5. The van der Waals surface area contributed by atoms with Crippen molar-refractivity contribution in [1.29, 1.82) is 5.26 Å². The molecular weight excluding hydrogens is 316 g/mol. The molecule has 5 heteroatoms. The summed E-state index contributed by atoms with van der Waals surface area (Å²) in [6, 6.07) is 9.75. The molecule has 2 atom stereocenters. The lowest BCUT2D eigenvalue weighted by Crippen LogP contribution is -2.37. The number of thioether (sulfide) groups is 1. The molecule has 3 nitrogen and oxygen atoms in total. The van der Waals surface area contributed by atoms with Crippen LogP contribution in [0, 0.1) is 17.2 Å². The zero-order chi connectivity index (χ0) is 15.7. The highest BCUT2D eigenvalue weighted by Gasteiger charge is 2.42. The average Bonchev–Trinajstić information content (AvgIpc) is 2.54. The van der Waals surface area contributed by atoms with Gasteiger partial charge < -0.3 is 0 Å². The second-order valence-electron chi connectivity index (χ2n) is 5.43. The molecule has 1 saturated carbocycles. The Morgan fingerprint density at radius 3 is 2.77 bits per heavy atom. The van der Waals surface area contributed by atoms with Gasteiger partial charge in [-0.2, -0.15) is 5.26 Å². The van der Waals surface area contributed by atoms with Crippen molar-refractivity contribution in [2.75, 3.05) is 6.26 Å². The first-order valence-corrected chi connectivity index (χ1v) is 8.80. The number of nitrogens with zero attached hydrogens (tertiary/aromatic N) is 2. The summed E-state index contributed by atoms with van der Waals surface area (Å²) in [7, 11) is 0. The van der Waals surface area contributed by atoms with Gasteiger partial charge in [-0.15, -0.1) is 11.8 Å². The van der Waals surface area contributed by atoms with E-state index >= 15 is 0 Å². The van der Waals surface area contributed by atoms with Crippen LogP contribution >= 0.6 is 23.4 Å². The Hall–Kier alpha value is -1.57. The van der Waals surface area contributed by atoms with Gasteiger partial charge in [-0.3, -0.25) is 4.79 Å². The molecule has 0 spiro atoms. The number of benzene rings is 1. The van der Waals surface area contributed by atoms with Crippen molar-refractivity contribution < 1.29 is 4.79 Å². The minimum Gasteiger partial charge on any atom is -0.299 e. The number of fused-ring (bicyclic) bond motifs is 1. The van der Waals surface area contributed by atoms with Gasteiger partial charge in [0, 0.05) is 23.1 Å². The number of aliphatic imine (C=N–C) groups is 1. The van der Waals surface area contributed by atoms with Gasteiger partial charge >= 0.3 is 0 Å². The number of carbonyl (C=O) groups excluding carboxylic acids is 1. The Balaban J connectivity index is 2.21. The number of hydrogen-bond acceptors (Lipinski definition) is 4. The van der Waals surface area contributed by atoms with Crippen LogP contribution in [0.4, 0.5) is 0 Å². The first-order chi connectivity index (χ1) is 10.7. The van der Waals surface area contributed by atoms with Crippen LogP contribution in [-0.2, 0) is 4.79 Å². The molecule has 1 aromatic rings. The molecule has 1 aliphatic carbocycles. The minimum atomic E-state index is -0.334. The number of allylic oxidation sites excluding steroid dienone is 1. The summed E-state index contributed by atoms with van der Waals surface area (Å²) in [5.74, 6) is -0.469. The highest BCUT2D eigenvalue weighted by Crippen LogP contribution is 2.45. The van der Waals surface area contributed by atoms with Gasteiger partial charge in [-0.05, 0) is 30.7 Å². The van der Waals surface area contributed by atoms with Crippen molar-refractivity contribution in [3.05, 3.63) is 45.5 Å². The third-order valence-corrected chi connectivity index (χ3v) is 5.28. The first kappa shape index (κ1) is 15.3. The molecule has 0 bridgehead atoms. The van der Waals surface area contributed by atoms with Crippen LogP contribution in [0.25, 0.3) is 0 Å². The predicted molar refractivity (Wildman–Crippen MR) is 90.1 cm³/mol. The second kappa shape index (κ2) is 6.28. The van der Waals surface area contributed by atoms with Crippen molar-refractivity contribution in [2.24, 2.45) is 10.9 Å². The molecule has 22 heavy (non-hydrogen) atoms. The van der Waals surface area contributed by atoms with E-state index in [-0.39, 0.29) is 17.6 Å². The van der Waals surface area contributed by atoms with Gasteiger partial charge in [-0.1, -0.05) is 29.8 Å². The summed E-state index contributed by atoms with van der Waals surface area (Å²) < 4.78 is 0. The molecule has 2 aliphatic rings. The molecule has 1 heterocycles. The van der Waals surface area contributed by atoms with Gasteiger partial charge in [0.25, 0.3) is 0 Å². The monoisotopic (exact) mass is 330 g/mol. The number of halogens is 1. The molecule has 0 aromatic heterocycles. The van der Waals surface area contributed by atoms with Crippen molar-refractivity contribution >= 4 is 34.9 Å². The van der Waals surface area contributed by atoms with Crippen molar-refractivity contribution in [3.8, 4) is 6.07 Å². The lowest BCUT2D eigenvalue weighted by atomic mass is 9.70. The Labute approximate surface area is 139 Å². The lowest BCUT2D eigenvalue weighted by Gasteiger charge is -2.34. The fourth-order valence-corrected chi connectivity index (χ4v) is 4.12. The number of nitriles is 1. The van der Waals surface area contributed by atoms with E-state index < -0.39 is 0 Å². The SMILES string of the molecule is CSC1=C(C#N)[C@@H](c2ccccc2Cl)[C@H]2C(=O)CCCC2=N1. The van der Waals surface area contributed by atoms with Gasteiger partial charge in [0.15, 0.2) is 0 Å². The van der Waals surface area contributed by atoms with Crippen LogP contribution in [0.2, 0.25) is 5.02 Å². The first-order valence-electron chi connectivity index (χ1n) is 7.20. The second-order valence-corrected chi connectivity index (χ2v) is 6.64. The maximum Gasteiger partial charge on any atom is 0.142 e. The standard InChI is InChI=1S/C17H15ClN2OS/c1-22-17-11(9-19)15(10-5-2-3-6-12(10)18)16-13(20-17)7-4-8-14(16)21/h2-3,5-6,15-16H,4,7-8H2,1H3/t15-,16-/m1/s1. The molecular formula is C17H15ClN2OS. The van der Waals surface area contributed by atoms with E-state index in [0.717, 1.165) is 24.1 Å². The number of carbonyl (C=O) groups is 1. The average molecular weight is 331 g/mol. The molecule has 112 valence electrons. The van der Waals surface area contributed by atoms with E-state index in [9.17, 15) is 10.1 Å². The fraction of sp³-hybridized carbons (Fsp3) is 0.353. The van der Waals surface area contributed by atoms with Gasteiger partial charge in [0.1, 0.15) is 10.8 Å². The Morgan fingerprint density at radius 2 is 2.09 bits per heavy atom. The third kappa shape index (κ3) is 2.49. The van der Waals surface area contributed by atoms with Crippen LogP contribution in [0.1, 0.15) is 30.7 Å². The fourth-order valence-electron chi connectivity index (χ4n) is 3.27. The number of Topliss-reactive ketones (excluding diaryl/α,β-unsaturated/α-hetero) is 1. The molecule has 0 saturated heterocycles. The Bertz CT molecular complexity index is 732. The molecule has 3 rings (SSSR count). The lowest BCUT2D eigenvalue weighted by molar-refractivity contribution is -0.121. The maximum absolute atomic E-state index is 12.5. The highest BCUT2D eigenvalue weighted by molar-refractivity contribution is 8.02. The zero-order valence-electron chi connectivity index (χ0n) is 12.2. The maximum atomic E-state index is 12.5. The van der Waals surface area contributed by atoms with Crippen LogP contribution < -0.4 is 0 Å².